The third kappa shape index (κ3) is 4.33. The highest BCUT2D eigenvalue weighted by molar-refractivity contribution is 8.00. The van der Waals surface area contributed by atoms with Crippen LogP contribution >= 0.6 is 11.8 Å². The highest BCUT2D eigenvalue weighted by atomic mass is 32.2. The summed E-state index contributed by atoms with van der Waals surface area (Å²) in [6.07, 6.45) is 0. The van der Waals surface area contributed by atoms with Crippen LogP contribution in [0.15, 0.2) is 27.7 Å². The summed E-state index contributed by atoms with van der Waals surface area (Å²) in [5, 5.41) is 37.4. The van der Waals surface area contributed by atoms with Crippen molar-refractivity contribution >= 4 is 29.2 Å². The predicted molar refractivity (Wildman–Crippen MR) is 114 cm³/mol. The highest BCUT2D eigenvalue weighted by Gasteiger charge is 2.30. The molecule has 1 aromatic carbocycles. The Kier molecular flexibility index (Phi) is 6.32. The van der Waals surface area contributed by atoms with E-state index in [9.17, 15) is 20.4 Å². The van der Waals surface area contributed by atoms with Crippen LogP contribution in [0, 0.1) is 36.5 Å². The number of nitrogens with two attached hydrogens (primary N) is 1. The van der Waals surface area contributed by atoms with Crippen LogP contribution in [-0.4, -0.2) is 21.4 Å². The number of aryl methyl sites for hydroxylation is 3. The van der Waals surface area contributed by atoms with E-state index in [1.165, 1.54) is 7.05 Å². The van der Waals surface area contributed by atoms with Gasteiger partial charge in [-0.2, -0.15) is 10.5 Å². The standard InChI is InChI=1S/C21H19N7O3S/c1-10-5-11(2)7-13(6-10)25-19(29)12(3)32-20-15(9-23)16(14(8-22)18(24)26-20)17-21(30)31-27-28(17)4/h5-7,12H,1-4H3,(H3-,24,25,26,27,29,30). The molecule has 0 spiro atoms. The van der Waals surface area contributed by atoms with Gasteiger partial charge in [-0.05, 0) is 44.0 Å². The lowest BCUT2D eigenvalue weighted by Crippen LogP contribution is -2.32. The first-order valence-corrected chi connectivity index (χ1v) is 10.3. The number of amides is 1. The van der Waals surface area contributed by atoms with Gasteiger partial charge in [-0.15, -0.1) is 0 Å². The topological polar surface area (TPSA) is 169 Å². The van der Waals surface area contributed by atoms with E-state index in [4.69, 9.17) is 5.73 Å². The van der Waals surface area contributed by atoms with Gasteiger partial charge in [0, 0.05) is 5.69 Å². The molecule has 0 aliphatic rings. The van der Waals surface area contributed by atoms with Crippen molar-refractivity contribution in [1.82, 2.24) is 10.3 Å². The summed E-state index contributed by atoms with van der Waals surface area (Å²) in [5.74, 6) is -1.32. The molecule has 1 atom stereocenters. The molecule has 0 aliphatic carbocycles. The lowest BCUT2D eigenvalue weighted by Gasteiger charge is -2.15. The molecule has 0 bridgehead atoms. The van der Waals surface area contributed by atoms with Crippen molar-refractivity contribution in [2.24, 2.45) is 7.05 Å². The Bertz CT molecular complexity index is 1260. The van der Waals surface area contributed by atoms with Crippen LogP contribution in [-0.2, 0) is 11.8 Å². The lowest BCUT2D eigenvalue weighted by molar-refractivity contribution is -0.730. The molecule has 11 heteroatoms. The number of hydrogen-bond acceptors (Lipinski definition) is 9. The summed E-state index contributed by atoms with van der Waals surface area (Å²) in [5.41, 5.74) is 8.27. The lowest BCUT2D eigenvalue weighted by atomic mass is 10.0. The van der Waals surface area contributed by atoms with Gasteiger partial charge < -0.3 is 20.7 Å². The molecule has 162 valence electrons. The molecule has 0 saturated heterocycles. The van der Waals surface area contributed by atoms with Gasteiger partial charge in [-0.3, -0.25) is 4.79 Å². The van der Waals surface area contributed by atoms with E-state index < -0.39 is 11.2 Å². The smallest absolute Gasteiger partial charge is 0.266 e. The van der Waals surface area contributed by atoms with Gasteiger partial charge in [-0.25, -0.2) is 4.98 Å². The number of nitrogen functional groups attached to an aromatic ring is 1. The molecule has 2 aromatic heterocycles. The van der Waals surface area contributed by atoms with Gasteiger partial charge >= 0.3 is 0 Å². The summed E-state index contributed by atoms with van der Waals surface area (Å²) >= 11 is 0.990. The fourth-order valence-corrected chi connectivity index (χ4v) is 4.13. The number of thioether (sulfide) groups is 1. The number of benzene rings is 1. The molecule has 1 unspecified atom stereocenters. The van der Waals surface area contributed by atoms with Gasteiger partial charge in [0.05, 0.1) is 21.6 Å². The number of hydrogen-bond donors (Lipinski definition) is 2. The fraction of sp³-hybridized carbons (Fsp3) is 0.238. The molecule has 0 radical (unpaired) electrons. The fourth-order valence-electron chi connectivity index (χ4n) is 3.21. The molecule has 3 rings (SSSR count). The summed E-state index contributed by atoms with van der Waals surface area (Å²) in [4.78, 5) is 16.9. The first kappa shape index (κ1) is 22.6. The normalized spacial score (nSPS) is 11.4. The summed E-state index contributed by atoms with van der Waals surface area (Å²) in [7, 11) is 1.44. The molecule has 3 aromatic rings. The average molecular weight is 449 g/mol. The number of carbonyl (C=O) groups excluding carboxylic acids is 1. The number of pyridine rings is 1. The average Bonchev–Trinajstić information content (AvgIpc) is 3.04. The monoisotopic (exact) mass is 449 g/mol. The van der Waals surface area contributed by atoms with Gasteiger partial charge in [0.2, 0.25) is 5.91 Å². The number of rotatable bonds is 5. The van der Waals surface area contributed by atoms with E-state index in [1.807, 2.05) is 44.2 Å². The van der Waals surface area contributed by atoms with Crippen LogP contribution in [0.25, 0.3) is 11.3 Å². The Hall–Kier alpha value is -4.09. The molecule has 3 N–H and O–H groups in total. The van der Waals surface area contributed by atoms with E-state index in [0.717, 1.165) is 27.6 Å². The largest absolute Gasteiger partial charge is 0.539 e. The Balaban J connectivity index is 2.00. The van der Waals surface area contributed by atoms with Gasteiger partial charge in [-0.1, -0.05) is 22.5 Å². The molecular formula is C21H19N7O3S. The third-order valence-corrected chi connectivity index (χ3v) is 5.65. The molecule has 0 saturated carbocycles. The minimum absolute atomic E-state index is 0.0272. The van der Waals surface area contributed by atoms with E-state index in [-0.39, 0.29) is 39.1 Å². The van der Waals surface area contributed by atoms with Crippen molar-refractivity contribution < 1.29 is 19.1 Å². The molecule has 10 nitrogen and oxygen atoms in total. The van der Waals surface area contributed by atoms with Gasteiger partial charge in [0.1, 0.15) is 28.5 Å². The molecule has 2 heterocycles. The molecule has 0 fully saturated rings. The summed E-state index contributed by atoms with van der Waals surface area (Å²) < 4.78 is 5.75. The van der Waals surface area contributed by atoms with Crippen LogP contribution in [0.3, 0.4) is 0 Å². The van der Waals surface area contributed by atoms with Gasteiger partial charge in [0.25, 0.3) is 5.69 Å². The number of nitriles is 2. The van der Waals surface area contributed by atoms with E-state index in [1.54, 1.807) is 6.92 Å². The van der Waals surface area contributed by atoms with Crippen LogP contribution in [0.5, 0.6) is 5.95 Å². The quantitative estimate of drug-likeness (QED) is 0.435. The second-order valence-corrected chi connectivity index (χ2v) is 8.44. The van der Waals surface area contributed by atoms with Crippen molar-refractivity contribution in [1.29, 1.82) is 10.5 Å². The zero-order valence-electron chi connectivity index (χ0n) is 17.8. The minimum Gasteiger partial charge on any atom is -0.539 e. The molecule has 0 aliphatic heterocycles. The van der Waals surface area contributed by atoms with Crippen LogP contribution < -0.4 is 20.8 Å². The van der Waals surface area contributed by atoms with E-state index in [0.29, 0.717) is 5.69 Å². The first-order valence-electron chi connectivity index (χ1n) is 9.39. The summed E-state index contributed by atoms with van der Waals surface area (Å²) in [6.45, 7) is 5.51. The number of anilines is 2. The van der Waals surface area contributed by atoms with Gasteiger partial charge in [0.15, 0.2) is 13.0 Å². The molecule has 1 amide bonds. The predicted octanol–water partition coefficient (Wildman–Crippen LogP) is 1.70. The van der Waals surface area contributed by atoms with Crippen molar-refractivity contribution in [3.05, 3.63) is 40.5 Å². The Morgan fingerprint density at radius 1 is 1.25 bits per heavy atom. The maximum Gasteiger partial charge on any atom is 0.266 e. The first-order chi connectivity index (χ1) is 15.2. The zero-order chi connectivity index (χ0) is 23.6. The highest BCUT2D eigenvalue weighted by Crippen LogP contribution is 2.38. The Morgan fingerprint density at radius 2 is 1.88 bits per heavy atom. The number of aromatic nitrogens is 3. The van der Waals surface area contributed by atoms with Crippen molar-refractivity contribution in [3.8, 4) is 29.3 Å². The van der Waals surface area contributed by atoms with Crippen LogP contribution in [0.4, 0.5) is 11.5 Å². The maximum absolute atomic E-state index is 12.8. The summed E-state index contributed by atoms with van der Waals surface area (Å²) in [6, 6.07) is 9.54. The molecule has 32 heavy (non-hydrogen) atoms. The SMILES string of the molecule is Cc1cc(C)cc(NC(=O)C(C)Sc2nc(N)c(C#N)c(-c3c([O-])on[n+]3C)c2C#N)c1. The van der Waals surface area contributed by atoms with Crippen molar-refractivity contribution in [2.75, 3.05) is 11.1 Å². The number of nitrogens with zero attached hydrogens (tertiary/aromatic N) is 5. The number of nitrogens with one attached hydrogen (secondary N) is 1. The second-order valence-electron chi connectivity index (χ2n) is 7.11. The van der Waals surface area contributed by atoms with E-state index >= 15 is 0 Å². The van der Waals surface area contributed by atoms with Crippen LogP contribution in [0.2, 0.25) is 0 Å². The van der Waals surface area contributed by atoms with Crippen LogP contribution in [0.1, 0.15) is 29.2 Å². The van der Waals surface area contributed by atoms with Crippen molar-refractivity contribution in [2.45, 2.75) is 31.0 Å². The minimum atomic E-state index is -0.831. The third-order valence-electron chi connectivity index (χ3n) is 4.56. The maximum atomic E-state index is 12.8. The zero-order valence-corrected chi connectivity index (χ0v) is 18.6. The Morgan fingerprint density at radius 3 is 2.41 bits per heavy atom. The Labute approximate surface area is 188 Å². The second kappa shape index (κ2) is 8.96. The number of carbonyl (C=O) groups is 1. The molecular weight excluding hydrogens is 430 g/mol. The van der Waals surface area contributed by atoms with Crippen molar-refractivity contribution in [3.63, 3.8) is 0 Å². The van der Waals surface area contributed by atoms with E-state index in [2.05, 4.69) is 20.1 Å².